The van der Waals surface area contributed by atoms with Crippen LogP contribution in [0.1, 0.15) is 40.5 Å². The van der Waals surface area contributed by atoms with Gasteiger partial charge in [0.15, 0.2) is 0 Å². The number of aliphatic hydroxyl groups is 1. The molecule has 1 unspecified atom stereocenters. The fraction of sp³-hybridized carbons (Fsp3) is 0.857. The normalized spacial score (nSPS) is 16.2. The molecule has 3 nitrogen and oxygen atoms in total. The summed E-state index contributed by atoms with van der Waals surface area (Å²) in [5.74, 6) is 0. The van der Waals surface area contributed by atoms with Crippen molar-refractivity contribution >= 4 is 0 Å². The zero-order valence-corrected chi connectivity index (χ0v) is 12.3. The molecule has 0 aliphatic heterocycles. The van der Waals surface area contributed by atoms with Crippen LogP contribution < -0.4 is 0 Å². The average Bonchev–Trinajstić information content (AvgIpc) is 2.26. The van der Waals surface area contributed by atoms with E-state index in [1.54, 1.807) is 7.11 Å². The number of methoxy groups -OCH3 is 1. The fourth-order valence-corrected chi connectivity index (χ4v) is 2.22. The smallest absolute Gasteiger partial charge is 0.0468 e. The van der Waals surface area contributed by atoms with Gasteiger partial charge in [0.2, 0.25) is 0 Å². The van der Waals surface area contributed by atoms with E-state index in [2.05, 4.69) is 38.9 Å². The third kappa shape index (κ3) is 4.00. The number of aliphatic hydroxyl groups excluding tert-OH is 1. The molecule has 0 rings (SSSR count). The third-order valence-corrected chi connectivity index (χ3v) is 4.14. The Bertz CT molecular complexity index is 238. The number of rotatable bonds is 8. The van der Waals surface area contributed by atoms with E-state index in [1.165, 1.54) is 0 Å². The van der Waals surface area contributed by atoms with E-state index in [0.717, 1.165) is 19.4 Å². The summed E-state index contributed by atoms with van der Waals surface area (Å²) in [6, 6.07) is 0. The first-order valence-corrected chi connectivity index (χ1v) is 6.31. The summed E-state index contributed by atoms with van der Waals surface area (Å²) in [5.41, 5.74) is -0.00715. The van der Waals surface area contributed by atoms with Gasteiger partial charge in [-0.25, -0.2) is 0 Å². The number of nitrogens with zero attached hydrogens (tertiary/aromatic N) is 1. The van der Waals surface area contributed by atoms with Crippen LogP contribution in [0, 0.1) is 5.41 Å². The molecule has 0 aromatic carbocycles. The van der Waals surface area contributed by atoms with E-state index in [9.17, 15) is 5.11 Å². The molecule has 0 aromatic rings. The molecule has 1 N–H and O–H groups in total. The minimum Gasteiger partial charge on any atom is -0.396 e. The molecule has 0 saturated heterocycles. The van der Waals surface area contributed by atoms with Crippen molar-refractivity contribution in [2.45, 2.75) is 46.1 Å². The number of allylic oxidation sites excluding steroid dienone is 1. The Balaban J connectivity index is 5.02. The summed E-state index contributed by atoms with van der Waals surface area (Å²) in [5, 5.41) is 9.33. The summed E-state index contributed by atoms with van der Waals surface area (Å²) < 4.78 is 5.19. The molecule has 0 aromatic heterocycles. The van der Waals surface area contributed by atoms with Crippen LogP contribution in [0.5, 0.6) is 0 Å². The number of hydrogen-bond acceptors (Lipinski definition) is 3. The van der Waals surface area contributed by atoms with E-state index < -0.39 is 0 Å². The minimum absolute atomic E-state index is 0.0694. The second-order valence-corrected chi connectivity index (χ2v) is 5.47. The highest BCUT2D eigenvalue weighted by atomic mass is 16.5. The van der Waals surface area contributed by atoms with Gasteiger partial charge in [-0.2, -0.15) is 0 Å². The molecule has 0 heterocycles. The van der Waals surface area contributed by atoms with Crippen LogP contribution in [-0.2, 0) is 4.74 Å². The predicted octanol–water partition coefficient (Wildman–Crippen LogP) is 2.66. The predicted molar refractivity (Wildman–Crippen MR) is 73.0 cm³/mol. The molecule has 0 spiro atoms. The lowest BCUT2D eigenvalue weighted by Gasteiger charge is -2.50. The van der Waals surface area contributed by atoms with Crippen molar-refractivity contribution < 1.29 is 9.84 Å². The summed E-state index contributed by atoms with van der Waals surface area (Å²) in [6.45, 7) is 9.65. The van der Waals surface area contributed by atoms with Crippen LogP contribution in [0.3, 0.4) is 0 Å². The van der Waals surface area contributed by atoms with Gasteiger partial charge in [0.25, 0.3) is 0 Å². The summed E-state index contributed by atoms with van der Waals surface area (Å²) in [7, 11) is 3.80. The van der Waals surface area contributed by atoms with Crippen LogP contribution >= 0.6 is 0 Å². The maximum absolute atomic E-state index is 9.33. The molecule has 0 aliphatic carbocycles. The summed E-state index contributed by atoms with van der Waals surface area (Å²) in [4.78, 5) is 2.21. The Morgan fingerprint density at radius 3 is 2.24 bits per heavy atom. The molecule has 0 radical (unpaired) electrons. The number of hydrogen-bond donors (Lipinski definition) is 1. The van der Waals surface area contributed by atoms with Crippen LogP contribution in [-0.4, -0.2) is 42.9 Å². The van der Waals surface area contributed by atoms with Gasteiger partial charge in [-0.15, -0.1) is 0 Å². The lowest BCUT2D eigenvalue weighted by atomic mass is 9.68. The van der Waals surface area contributed by atoms with E-state index in [-0.39, 0.29) is 17.6 Å². The van der Waals surface area contributed by atoms with Crippen LogP contribution in [0.4, 0.5) is 0 Å². The van der Waals surface area contributed by atoms with Crippen molar-refractivity contribution in [1.82, 2.24) is 4.90 Å². The topological polar surface area (TPSA) is 32.7 Å². The molecule has 0 amide bonds. The molecule has 1 atom stereocenters. The van der Waals surface area contributed by atoms with Gasteiger partial charge in [-0.05, 0) is 38.3 Å². The first-order valence-electron chi connectivity index (χ1n) is 6.31. The van der Waals surface area contributed by atoms with Gasteiger partial charge < -0.3 is 14.7 Å². The van der Waals surface area contributed by atoms with Crippen LogP contribution in [0.25, 0.3) is 0 Å². The molecular formula is C14H29NO2. The highest BCUT2D eigenvalue weighted by molar-refractivity contribution is 5.01. The Hall–Kier alpha value is -0.540. The Morgan fingerprint density at radius 1 is 1.24 bits per heavy atom. The van der Waals surface area contributed by atoms with E-state index in [4.69, 9.17) is 4.74 Å². The molecule has 17 heavy (non-hydrogen) atoms. The second-order valence-electron chi connectivity index (χ2n) is 5.47. The second kappa shape index (κ2) is 7.02. The molecule has 102 valence electrons. The summed E-state index contributed by atoms with van der Waals surface area (Å²) in [6.07, 6.45) is 5.83. The van der Waals surface area contributed by atoms with Crippen molar-refractivity contribution in [3.63, 3.8) is 0 Å². The maximum Gasteiger partial charge on any atom is 0.0468 e. The van der Waals surface area contributed by atoms with Gasteiger partial charge in [0.1, 0.15) is 0 Å². The molecule has 3 heteroatoms. The molecular weight excluding hydrogens is 214 g/mol. The maximum atomic E-state index is 9.33. The highest BCUT2D eigenvalue weighted by Crippen LogP contribution is 2.40. The van der Waals surface area contributed by atoms with E-state index >= 15 is 0 Å². The zero-order chi connectivity index (χ0) is 13.5. The third-order valence-electron chi connectivity index (χ3n) is 4.14. The van der Waals surface area contributed by atoms with Crippen molar-refractivity contribution in [2.75, 3.05) is 27.4 Å². The zero-order valence-electron chi connectivity index (χ0n) is 12.3. The molecule has 0 fully saturated rings. The Labute approximate surface area is 106 Å². The van der Waals surface area contributed by atoms with Crippen LogP contribution in [0.15, 0.2) is 12.3 Å². The lowest BCUT2D eigenvalue weighted by molar-refractivity contribution is 0.00299. The van der Waals surface area contributed by atoms with Gasteiger partial charge in [-0.3, -0.25) is 0 Å². The average molecular weight is 243 g/mol. The minimum atomic E-state index is -0.0766. The monoisotopic (exact) mass is 243 g/mol. The van der Waals surface area contributed by atoms with Gasteiger partial charge in [-0.1, -0.05) is 19.9 Å². The Kier molecular flexibility index (Phi) is 6.80. The standard InChI is InChI=1S/C14H29NO2/c1-7-10-15(5)14(4,8-11-16)13(2,3)9-12-17-6/h7,10,16H,8-9,11-12H2,1-6H3/b10-7-. The Morgan fingerprint density at radius 2 is 1.82 bits per heavy atom. The molecule has 0 bridgehead atoms. The van der Waals surface area contributed by atoms with Crippen molar-refractivity contribution in [1.29, 1.82) is 0 Å². The van der Waals surface area contributed by atoms with E-state index in [0.29, 0.717) is 0 Å². The lowest BCUT2D eigenvalue weighted by Crippen LogP contribution is -2.53. The largest absolute Gasteiger partial charge is 0.396 e. The van der Waals surface area contributed by atoms with E-state index in [1.807, 2.05) is 13.0 Å². The van der Waals surface area contributed by atoms with Gasteiger partial charge >= 0.3 is 0 Å². The van der Waals surface area contributed by atoms with Crippen LogP contribution in [0.2, 0.25) is 0 Å². The molecule has 0 aliphatic rings. The van der Waals surface area contributed by atoms with Crippen molar-refractivity contribution in [2.24, 2.45) is 5.41 Å². The molecule has 0 saturated carbocycles. The quantitative estimate of drug-likeness (QED) is 0.711. The first kappa shape index (κ1) is 16.5. The fourth-order valence-electron chi connectivity index (χ4n) is 2.22. The summed E-state index contributed by atoms with van der Waals surface area (Å²) >= 11 is 0. The number of ether oxygens (including phenoxy) is 1. The van der Waals surface area contributed by atoms with Gasteiger partial charge in [0, 0.05) is 32.9 Å². The SMILES string of the molecule is C/C=C\N(C)C(C)(CCO)C(C)(C)CCOC. The van der Waals surface area contributed by atoms with Crippen molar-refractivity contribution in [3.05, 3.63) is 12.3 Å². The van der Waals surface area contributed by atoms with Gasteiger partial charge in [0.05, 0.1) is 0 Å². The van der Waals surface area contributed by atoms with Crippen molar-refractivity contribution in [3.8, 4) is 0 Å². The first-order chi connectivity index (χ1) is 7.85. The highest BCUT2D eigenvalue weighted by Gasteiger charge is 2.42.